The van der Waals surface area contributed by atoms with Crippen LogP contribution >= 0.6 is 0 Å². The molecule has 0 aliphatic rings. The van der Waals surface area contributed by atoms with Gasteiger partial charge in [-0.25, -0.2) is 0 Å². The SMILES string of the molecule is COc1ccc(OCC(C)NC(=O)/C(=C/c2ccco2)c2ccccc2)cc1. The molecule has 28 heavy (non-hydrogen) atoms. The number of carbonyl (C=O) groups is 1. The third-order valence-electron chi connectivity index (χ3n) is 4.10. The minimum absolute atomic E-state index is 0.182. The van der Waals surface area contributed by atoms with Crippen LogP contribution in [0.25, 0.3) is 11.6 Å². The van der Waals surface area contributed by atoms with Crippen molar-refractivity contribution in [1.29, 1.82) is 0 Å². The predicted octanol–water partition coefficient (Wildman–Crippen LogP) is 4.41. The van der Waals surface area contributed by atoms with E-state index < -0.39 is 0 Å². The third-order valence-corrected chi connectivity index (χ3v) is 4.10. The van der Waals surface area contributed by atoms with Crippen LogP contribution in [0.2, 0.25) is 0 Å². The Hall–Kier alpha value is -3.47. The minimum Gasteiger partial charge on any atom is -0.497 e. The molecule has 1 amide bonds. The van der Waals surface area contributed by atoms with E-state index in [1.54, 1.807) is 25.5 Å². The van der Waals surface area contributed by atoms with Crippen LogP contribution in [-0.4, -0.2) is 25.7 Å². The summed E-state index contributed by atoms with van der Waals surface area (Å²) in [6, 6.07) is 20.2. The van der Waals surface area contributed by atoms with Gasteiger partial charge in [0.1, 0.15) is 23.9 Å². The lowest BCUT2D eigenvalue weighted by Crippen LogP contribution is -2.37. The van der Waals surface area contributed by atoms with Gasteiger partial charge in [0.2, 0.25) is 0 Å². The highest BCUT2D eigenvalue weighted by Crippen LogP contribution is 2.20. The van der Waals surface area contributed by atoms with E-state index >= 15 is 0 Å². The van der Waals surface area contributed by atoms with Gasteiger partial charge in [0.05, 0.1) is 25.0 Å². The second-order valence-corrected chi connectivity index (χ2v) is 6.30. The van der Waals surface area contributed by atoms with E-state index in [-0.39, 0.29) is 11.9 Å². The molecule has 0 aliphatic heterocycles. The van der Waals surface area contributed by atoms with E-state index in [0.29, 0.717) is 17.9 Å². The van der Waals surface area contributed by atoms with Crippen LogP contribution in [0.5, 0.6) is 11.5 Å². The van der Waals surface area contributed by atoms with Gasteiger partial charge in [0, 0.05) is 0 Å². The quantitative estimate of drug-likeness (QED) is 0.591. The van der Waals surface area contributed by atoms with Gasteiger partial charge >= 0.3 is 0 Å². The van der Waals surface area contributed by atoms with Gasteiger partial charge in [-0.15, -0.1) is 0 Å². The fourth-order valence-electron chi connectivity index (χ4n) is 2.65. The number of hydrogen-bond donors (Lipinski definition) is 1. The average Bonchev–Trinajstić information content (AvgIpc) is 3.25. The Morgan fingerprint density at radius 2 is 1.75 bits per heavy atom. The number of rotatable bonds is 8. The highest BCUT2D eigenvalue weighted by atomic mass is 16.5. The van der Waals surface area contributed by atoms with E-state index in [1.807, 2.05) is 67.6 Å². The van der Waals surface area contributed by atoms with Crippen LogP contribution in [0.3, 0.4) is 0 Å². The molecule has 0 saturated carbocycles. The molecular formula is C23H23NO4. The molecule has 0 aliphatic carbocycles. The maximum atomic E-state index is 12.9. The van der Waals surface area contributed by atoms with E-state index in [1.165, 1.54) is 0 Å². The van der Waals surface area contributed by atoms with Gasteiger partial charge in [0.15, 0.2) is 0 Å². The first-order valence-electron chi connectivity index (χ1n) is 9.04. The number of benzene rings is 2. The Morgan fingerprint density at radius 1 is 1.04 bits per heavy atom. The first kappa shape index (κ1) is 19.3. The molecule has 5 nitrogen and oxygen atoms in total. The summed E-state index contributed by atoms with van der Waals surface area (Å²) in [7, 11) is 1.62. The molecule has 3 aromatic rings. The van der Waals surface area contributed by atoms with E-state index in [4.69, 9.17) is 13.9 Å². The summed E-state index contributed by atoms with van der Waals surface area (Å²) >= 11 is 0. The zero-order valence-electron chi connectivity index (χ0n) is 15.9. The second kappa shape index (κ2) is 9.46. The topological polar surface area (TPSA) is 60.7 Å². The van der Waals surface area contributed by atoms with Crippen molar-refractivity contribution in [3.8, 4) is 11.5 Å². The van der Waals surface area contributed by atoms with Crippen LogP contribution in [0, 0.1) is 0 Å². The van der Waals surface area contributed by atoms with Crippen LogP contribution in [0.15, 0.2) is 77.4 Å². The van der Waals surface area contributed by atoms with Gasteiger partial charge in [0.25, 0.3) is 5.91 Å². The first-order chi connectivity index (χ1) is 13.7. The van der Waals surface area contributed by atoms with Crippen molar-refractivity contribution in [3.63, 3.8) is 0 Å². The fraction of sp³-hybridized carbons (Fsp3) is 0.174. The van der Waals surface area contributed by atoms with Crippen LogP contribution in [0.1, 0.15) is 18.2 Å². The van der Waals surface area contributed by atoms with Crippen molar-refractivity contribution in [2.75, 3.05) is 13.7 Å². The molecule has 1 heterocycles. The lowest BCUT2D eigenvalue weighted by Gasteiger charge is -2.16. The highest BCUT2D eigenvalue weighted by Gasteiger charge is 2.15. The number of ether oxygens (including phenoxy) is 2. The van der Waals surface area contributed by atoms with Gasteiger partial charge in [-0.2, -0.15) is 0 Å². The van der Waals surface area contributed by atoms with Crippen molar-refractivity contribution in [3.05, 3.63) is 84.3 Å². The number of nitrogens with one attached hydrogen (secondary N) is 1. The van der Waals surface area contributed by atoms with Crippen molar-refractivity contribution < 1.29 is 18.7 Å². The Balaban J connectivity index is 1.65. The first-order valence-corrected chi connectivity index (χ1v) is 9.04. The second-order valence-electron chi connectivity index (χ2n) is 6.30. The molecule has 0 fully saturated rings. The smallest absolute Gasteiger partial charge is 0.252 e. The summed E-state index contributed by atoms with van der Waals surface area (Å²) in [5.74, 6) is 1.92. The zero-order valence-corrected chi connectivity index (χ0v) is 15.9. The molecule has 144 valence electrons. The van der Waals surface area contributed by atoms with Crippen molar-refractivity contribution >= 4 is 17.6 Å². The minimum atomic E-state index is -0.187. The maximum Gasteiger partial charge on any atom is 0.252 e. The molecule has 0 radical (unpaired) electrons. The largest absolute Gasteiger partial charge is 0.497 e. The van der Waals surface area contributed by atoms with Gasteiger partial charge in [-0.3, -0.25) is 4.79 Å². The molecule has 0 saturated heterocycles. The Bertz CT molecular complexity index is 900. The summed E-state index contributed by atoms with van der Waals surface area (Å²) in [5.41, 5.74) is 1.35. The van der Waals surface area contributed by atoms with Gasteiger partial charge < -0.3 is 19.2 Å². The molecule has 2 aromatic carbocycles. The number of amides is 1. The van der Waals surface area contributed by atoms with E-state index in [0.717, 1.165) is 17.1 Å². The zero-order chi connectivity index (χ0) is 19.8. The van der Waals surface area contributed by atoms with Crippen LogP contribution in [0.4, 0.5) is 0 Å². The van der Waals surface area contributed by atoms with E-state index in [9.17, 15) is 4.79 Å². The number of furan rings is 1. The molecular weight excluding hydrogens is 354 g/mol. The summed E-state index contributed by atoms with van der Waals surface area (Å²) < 4.78 is 16.3. The van der Waals surface area contributed by atoms with Crippen LogP contribution in [-0.2, 0) is 4.79 Å². The molecule has 1 unspecified atom stereocenters. The van der Waals surface area contributed by atoms with Crippen molar-refractivity contribution in [2.45, 2.75) is 13.0 Å². The van der Waals surface area contributed by atoms with E-state index in [2.05, 4.69) is 5.32 Å². The van der Waals surface area contributed by atoms with Gasteiger partial charge in [-0.05, 0) is 55.0 Å². The number of hydrogen-bond acceptors (Lipinski definition) is 4. The predicted molar refractivity (Wildman–Crippen MR) is 109 cm³/mol. The number of methoxy groups -OCH3 is 1. The Labute approximate surface area is 164 Å². The normalized spacial score (nSPS) is 12.3. The molecule has 1 aromatic heterocycles. The monoisotopic (exact) mass is 377 g/mol. The molecule has 5 heteroatoms. The molecule has 1 N–H and O–H groups in total. The Kier molecular flexibility index (Phi) is 6.52. The third kappa shape index (κ3) is 5.27. The Morgan fingerprint density at radius 3 is 2.39 bits per heavy atom. The maximum absolute atomic E-state index is 12.9. The standard InChI is InChI=1S/C23H23NO4/c1-17(16-28-20-12-10-19(26-2)11-13-20)24-23(25)22(15-21-9-6-14-27-21)18-7-4-3-5-8-18/h3-15,17H,16H2,1-2H3,(H,24,25)/b22-15+. The summed E-state index contributed by atoms with van der Waals surface area (Å²) in [6.45, 7) is 2.25. The fourth-order valence-corrected chi connectivity index (χ4v) is 2.65. The highest BCUT2D eigenvalue weighted by molar-refractivity contribution is 6.24. The van der Waals surface area contributed by atoms with Crippen LogP contribution < -0.4 is 14.8 Å². The van der Waals surface area contributed by atoms with Gasteiger partial charge in [-0.1, -0.05) is 30.3 Å². The molecule has 1 atom stereocenters. The lowest BCUT2D eigenvalue weighted by atomic mass is 10.0. The lowest BCUT2D eigenvalue weighted by molar-refractivity contribution is -0.116. The summed E-state index contributed by atoms with van der Waals surface area (Å²) in [5, 5.41) is 2.99. The number of carbonyl (C=O) groups excluding carboxylic acids is 1. The summed E-state index contributed by atoms with van der Waals surface area (Å²) in [4.78, 5) is 12.9. The summed E-state index contributed by atoms with van der Waals surface area (Å²) in [6.07, 6.45) is 3.32. The van der Waals surface area contributed by atoms with Crippen molar-refractivity contribution in [1.82, 2.24) is 5.32 Å². The molecule has 3 rings (SSSR count). The molecule has 0 spiro atoms. The van der Waals surface area contributed by atoms with Crippen molar-refractivity contribution in [2.24, 2.45) is 0 Å². The molecule has 0 bridgehead atoms. The average molecular weight is 377 g/mol.